The molecule has 0 saturated carbocycles. The van der Waals surface area contributed by atoms with Crippen molar-refractivity contribution in [3.05, 3.63) is 36.7 Å². The van der Waals surface area contributed by atoms with Gasteiger partial charge in [-0.15, -0.1) is 5.10 Å². The molecule has 1 aromatic heterocycles. The van der Waals surface area contributed by atoms with E-state index in [1.54, 1.807) is 6.08 Å². The Morgan fingerprint density at radius 1 is 0.966 bits per heavy atom. The Morgan fingerprint density at radius 3 is 2.00 bits per heavy atom. The highest BCUT2D eigenvalue weighted by atomic mass is 15.5. The Morgan fingerprint density at radius 2 is 1.55 bits per heavy atom. The lowest BCUT2D eigenvalue weighted by atomic mass is 9.96. The molecule has 1 heterocycles. The molecule has 0 aliphatic rings. The summed E-state index contributed by atoms with van der Waals surface area (Å²) in [6.07, 6.45) is 17.7. The summed E-state index contributed by atoms with van der Waals surface area (Å²) < 4.78 is 2.01. The second kappa shape index (κ2) is 15.2. The minimum atomic E-state index is 0.745. The zero-order valence-corrected chi connectivity index (χ0v) is 19.4. The average molecular weight is 401 g/mol. The highest BCUT2D eigenvalue weighted by Gasteiger charge is 2.19. The summed E-state index contributed by atoms with van der Waals surface area (Å²) in [5.74, 6) is 1.49. The lowest BCUT2D eigenvalue weighted by Crippen LogP contribution is -2.36. The molecule has 0 aliphatic carbocycles. The third-order valence-electron chi connectivity index (χ3n) is 5.84. The molecule has 0 radical (unpaired) electrons. The van der Waals surface area contributed by atoms with Crippen molar-refractivity contribution in [1.82, 2.24) is 19.9 Å². The van der Waals surface area contributed by atoms with Gasteiger partial charge in [0.05, 0.1) is 12.4 Å². The van der Waals surface area contributed by atoms with Crippen molar-refractivity contribution < 1.29 is 0 Å². The first-order valence-corrected chi connectivity index (χ1v) is 11.7. The van der Waals surface area contributed by atoms with Gasteiger partial charge < -0.3 is 0 Å². The van der Waals surface area contributed by atoms with Crippen molar-refractivity contribution in [1.29, 1.82) is 0 Å². The van der Waals surface area contributed by atoms with Gasteiger partial charge in [0.2, 0.25) is 0 Å². The maximum atomic E-state index is 4.44. The molecule has 164 valence electrons. The molecule has 0 spiro atoms. The highest BCUT2D eigenvalue weighted by molar-refractivity contribution is 5.58. The SMILES string of the molecule is C=C/C=C\c1nnn(CN(CC(CC)CCCC)CC(CC)CCCC)c1C=C. The fourth-order valence-electron chi connectivity index (χ4n) is 3.87. The van der Waals surface area contributed by atoms with Crippen molar-refractivity contribution in [2.75, 3.05) is 13.1 Å². The first-order chi connectivity index (χ1) is 14.1. The lowest BCUT2D eigenvalue weighted by Gasteiger charge is -2.30. The number of aromatic nitrogens is 3. The van der Waals surface area contributed by atoms with Gasteiger partial charge in [0.1, 0.15) is 5.69 Å². The molecule has 0 aliphatic heterocycles. The van der Waals surface area contributed by atoms with E-state index in [9.17, 15) is 0 Å². The second-order valence-corrected chi connectivity index (χ2v) is 8.17. The van der Waals surface area contributed by atoms with Crippen LogP contribution < -0.4 is 0 Å². The Labute approximate surface area is 179 Å². The van der Waals surface area contributed by atoms with Crippen LogP contribution in [0.5, 0.6) is 0 Å². The lowest BCUT2D eigenvalue weighted by molar-refractivity contribution is 0.137. The Bertz CT molecular complexity index is 584. The Balaban J connectivity index is 3.00. The minimum absolute atomic E-state index is 0.745. The van der Waals surface area contributed by atoms with Crippen LogP contribution in [0, 0.1) is 11.8 Å². The van der Waals surface area contributed by atoms with Crippen molar-refractivity contribution >= 4 is 12.2 Å². The molecule has 2 unspecified atom stereocenters. The van der Waals surface area contributed by atoms with Gasteiger partial charge in [0.25, 0.3) is 0 Å². The van der Waals surface area contributed by atoms with Gasteiger partial charge in [-0.3, -0.25) is 4.90 Å². The van der Waals surface area contributed by atoms with E-state index in [-0.39, 0.29) is 0 Å². The Hall–Kier alpha value is -1.68. The number of hydrogen-bond donors (Lipinski definition) is 0. The third kappa shape index (κ3) is 9.12. The van der Waals surface area contributed by atoms with Crippen LogP contribution in [0.25, 0.3) is 12.2 Å². The third-order valence-corrected chi connectivity index (χ3v) is 5.84. The monoisotopic (exact) mass is 400 g/mol. The van der Waals surface area contributed by atoms with E-state index in [0.29, 0.717) is 0 Å². The fraction of sp³-hybridized carbons (Fsp3) is 0.680. The van der Waals surface area contributed by atoms with Crippen LogP contribution in [0.2, 0.25) is 0 Å². The Kier molecular flexibility index (Phi) is 13.3. The highest BCUT2D eigenvalue weighted by Crippen LogP contribution is 2.20. The van der Waals surface area contributed by atoms with Crippen LogP contribution in [0.1, 0.15) is 90.4 Å². The predicted molar refractivity (Wildman–Crippen MR) is 128 cm³/mol. The van der Waals surface area contributed by atoms with E-state index in [4.69, 9.17) is 0 Å². The van der Waals surface area contributed by atoms with Gasteiger partial charge in [-0.05, 0) is 36.8 Å². The normalized spacial score (nSPS) is 13.8. The first-order valence-electron chi connectivity index (χ1n) is 11.7. The topological polar surface area (TPSA) is 34.0 Å². The summed E-state index contributed by atoms with van der Waals surface area (Å²) in [6.45, 7) is 20.0. The van der Waals surface area contributed by atoms with Gasteiger partial charge in [-0.25, -0.2) is 4.68 Å². The predicted octanol–water partition coefficient (Wildman–Crippen LogP) is 6.81. The molecular weight excluding hydrogens is 356 g/mol. The van der Waals surface area contributed by atoms with Crippen LogP contribution >= 0.6 is 0 Å². The standard InChI is InChI=1S/C25H44N4/c1-7-13-16-22(10-4)19-28(20-23(11-5)17-14-8-2)21-29-25(12-6)24(26-27-29)18-15-9-3/h9,12,15,18,22-23H,3,6-8,10-11,13-14,16-17,19-21H2,1-2,4-5H3/b18-15-. The molecule has 0 aromatic carbocycles. The fourth-order valence-corrected chi connectivity index (χ4v) is 3.87. The maximum Gasteiger partial charge on any atom is 0.113 e. The number of unbranched alkanes of at least 4 members (excludes halogenated alkanes) is 2. The summed E-state index contributed by atoms with van der Waals surface area (Å²) >= 11 is 0. The van der Waals surface area contributed by atoms with Gasteiger partial charge in [0, 0.05) is 13.1 Å². The van der Waals surface area contributed by atoms with E-state index in [0.717, 1.165) is 43.0 Å². The van der Waals surface area contributed by atoms with Crippen LogP contribution in [0.15, 0.2) is 25.3 Å². The first kappa shape index (κ1) is 25.4. The molecule has 0 fully saturated rings. The zero-order chi connectivity index (χ0) is 21.5. The maximum absolute atomic E-state index is 4.44. The van der Waals surface area contributed by atoms with Gasteiger partial charge in [-0.1, -0.05) is 96.7 Å². The number of rotatable bonds is 17. The number of nitrogens with zero attached hydrogens (tertiary/aromatic N) is 4. The molecule has 4 nitrogen and oxygen atoms in total. The van der Waals surface area contributed by atoms with Gasteiger partial charge >= 0.3 is 0 Å². The van der Waals surface area contributed by atoms with E-state index in [2.05, 4.69) is 56.1 Å². The van der Waals surface area contributed by atoms with Gasteiger partial charge in [-0.2, -0.15) is 0 Å². The van der Waals surface area contributed by atoms with Crippen LogP contribution in [0.4, 0.5) is 0 Å². The van der Waals surface area contributed by atoms with Crippen LogP contribution in [0.3, 0.4) is 0 Å². The summed E-state index contributed by atoms with van der Waals surface area (Å²) in [5.41, 5.74) is 1.84. The summed E-state index contributed by atoms with van der Waals surface area (Å²) in [6, 6.07) is 0. The van der Waals surface area contributed by atoms with E-state index >= 15 is 0 Å². The number of hydrogen-bond acceptors (Lipinski definition) is 3. The zero-order valence-electron chi connectivity index (χ0n) is 19.4. The molecule has 29 heavy (non-hydrogen) atoms. The molecule has 1 rings (SSSR count). The van der Waals surface area contributed by atoms with E-state index in [1.165, 1.54) is 51.4 Å². The van der Waals surface area contributed by atoms with Crippen LogP contribution in [-0.4, -0.2) is 33.0 Å². The molecule has 0 amide bonds. The average Bonchev–Trinajstić information content (AvgIpc) is 3.13. The molecule has 4 heteroatoms. The second-order valence-electron chi connectivity index (χ2n) is 8.17. The molecular formula is C25H44N4. The molecule has 0 bridgehead atoms. The van der Waals surface area contributed by atoms with E-state index < -0.39 is 0 Å². The summed E-state index contributed by atoms with van der Waals surface area (Å²) in [7, 11) is 0. The molecule has 0 N–H and O–H groups in total. The molecule has 2 atom stereocenters. The molecule has 1 aromatic rings. The van der Waals surface area contributed by atoms with Crippen LogP contribution in [-0.2, 0) is 6.67 Å². The number of allylic oxidation sites excluding steroid dienone is 2. The summed E-state index contributed by atoms with van der Waals surface area (Å²) in [5, 5.41) is 8.79. The van der Waals surface area contributed by atoms with Gasteiger partial charge in [0.15, 0.2) is 0 Å². The largest absolute Gasteiger partial charge is 0.284 e. The molecule has 0 saturated heterocycles. The van der Waals surface area contributed by atoms with Crippen molar-refractivity contribution in [3.63, 3.8) is 0 Å². The van der Waals surface area contributed by atoms with E-state index in [1.807, 2.05) is 22.9 Å². The smallest absolute Gasteiger partial charge is 0.113 e. The summed E-state index contributed by atoms with van der Waals surface area (Å²) in [4.78, 5) is 2.61. The minimum Gasteiger partial charge on any atom is -0.284 e. The quantitative estimate of drug-likeness (QED) is 0.269. The van der Waals surface area contributed by atoms with Crippen molar-refractivity contribution in [2.45, 2.75) is 85.7 Å². The van der Waals surface area contributed by atoms with Crippen molar-refractivity contribution in [3.8, 4) is 0 Å². The van der Waals surface area contributed by atoms with Crippen molar-refractivity contribution in [2.24, 2.45) is 11.8 Å².